The average molecular weight is 368 g/mol. The number of rotatable bonds is 7. The fourth-order valence-electron chi connectivity index (χ4n) is 3.49. The number of amides is 2. The Kier molecular flexibility index (Phi) is 5.74. The lowest BCUT2D eigenvalue weighted by Crippen LogP contribution is -2.46. The summed E-state index contributed by atoms with van der Waals surface area (Å²) in [6, 6.07) is 11.9. The van der Waals surface area contributed by atoms with E-state index in [2.05, 4.69) is 12.2 Å². The van der Waals surface area contributed by atoms with Crippen molar-refractivity contribution in [2.45, 2.75) is 32.2 Å². The maximum atomic E-state index is 12.7. The fourth-order valence-corrected chi connectivity index (χ4v) is 3.49. The molecular formula is C21H24N2O4. The quantitative estimate of drug-likeness (QED) is 0.736. The second-order valence-electron chi connectivity index (χ2n) is 6.95. The summed E-state index contributed by atoms with van der Waals surface area (Å²) in [6.07, 6.45) is 2.84. The zero-order valence-electron chi connectivity index (χ0n) is 15.4. The third-order valence-electron chi connectivity index (χ3n) is 5.04. The van der Waals surface area contributed by atoms with Gasteiger partial charge in [-0.1, -0.05) is 50.1 Å². The Labute approximate surface area is 158 Å². The van der Waals surface area contributed by atoms with Gasteiger partial charge in [0.25, 0.3) is 5.91 Å². The monoisotopic (exact) mass is 368 g/mol. The molecule has 1 aliphatic rings. The van der Waals surface area contributed by atoms with Crippen molar-refractivity contribution in [1.29, 1.82) is 0 Å². The van der Waals surface area contributed by atoms with Gasteiger partial charge in [-0.15, -0.1) is 0 Å². The van der Waals surface area contributed by atoms with Crippen LogP contribution in [0.2, 0.25) is 0 Å². The summed E-state index contributed by atoms with van der Waals surface area (Å²) in [4.78, 5) is 38.4. The Morgan fingerprint density at radius 2 is 1.89 bits per heavy atom. The number of benzene rings is 2. The number of carboxylic acid groups (broad SMARTS) is 1. The molecule has 2 amide bonds. The number of unbranched alkanes of at least 4 members (excludes halogenated alkanes) is 2. The van der Waals surface area contributed by atoms with E-state index in [0.717, 1.165) is 30.0 Å². The molecule has 1 fully saturated rings. The number of fused-ring (bicyclic) bond motifs is 1. The maximum absolute atomic E-state index is 12.7. The first-order valence-electron chi connectivity index (χ1n) is 9.32. The summed E-state index contributed by atoms with van der Waals surface area (Å²) in [6.45, 7) is 2.73. The Hall–Kier alpha value is -2.89. The first-order valence-corrected chi connectivity index (χ1v) is 9.32. The van der Waals surface area contributed by atoms with Gasteiger partial charge in [-0.05, 0) is 29.3 Å². The highest BCUT2D eigenvalue weighted by molar-refractivity contribution is 6.02. The van der Waals surface area contributed by atoms with Crippen molar-refractivity contribution < 1.29 is 19.5 Å². The number of aliphatic carboxylic acids is 1. The number of carboxylic acids is 1. The van der Waals surface area contributed by atoms with Gasteiger partial charge in [-0.25, -0.2) is 0 Å². The summed E-state index contributed by atoms with van der Waals surface area (Å²) >= 11 is 0. The fraction of sp³-hybridized carbons (Fsp3) is 0.381. The number of nitrogens with zero attached hydrogens (tertiary/aromatic N) is 1. The molecule has 0 saturated carbocycles. The van der Waals surface area contributed by atoms with Gasteiger partial charge < -0.3 is 15.3 Å². The highest BCUT2D eigenvalue weighted by Crippen LogP contribution is 2.21. The van der Waals surface area contributed by atoms with Gasteiger partial charge in [0.05, 0.1) is 0 Å². The summed E-state index contributed by atoms with van der Waals surface area (Å²) in [7, 11) is 0. The predicted octanol–water partition coefficient (Wildman–Crippen LogP) is 2.67. The molecule has 0 spiro atoms. The van der Waals surface area contributed by atoms with E-state index in [-0.39, 0.29) is 12.5 Å². The molecule has 2 aromatic carbocycles. The zero-order chi connectivity index (χ0) is 19.4. The van der Waals surface area contributed by atoms with Gasteiger partial charge in [-0.3, -0.25) is 14.4 Å². The number of likely N-dealkylation sites (tertiary alicyclic amines) is 1. The molecule has 0 aliphatic carbocycles. The van der Waals surface area contributed by atoms with Crippen molar-refractivity contribution in [3.8, 4) is 0 Å². The van der Waals surface area contributed by atoms with E-state index in [1.807, 2.05) is 30.3 Å². The molecule has 3 rings (SSSR count). The Morgan fingerprint density at radius 3 is 2.59 bits per heavy atom. The van der Waals surface area contributed by atoms with Crippen LogP contribution in [0.4, 0.5) is 0 Å². The van der Waals surface area contributed by atoms with E-state index in [1.54, 1.807) is 17.0 Å². The van der Waals surface area contributed by atoms with Crippen LogP contribution in [0.3, 0.4) is 0 Å². The average Bonchev–Trinajstić information content (AvgIpc) is 2.98. The molecule has 6 nitrogen and oxygen atoms in total. The Bertz CT molecular complexity index is 864. The molecule has 2 atom stereocenters. The molecular weight excluding hydrogens is 344 g/mol. The molecule has 142 valence electrons. The van der Waals surface area contributed by atoms with E-state index in [0.29, 0.717) is 12.1 Å². The zero-order valence-corrected chi connectivity index (χ0v) is 15.4. The molecule has 1 saturated heterocycles. The second kappa shape index (κ2) is 8.20. The van der Waals surface area contributed by atoms with E-state index >= 15 is 0 Å². The SMILES string of the molecule is CCCCCN1C[C@H](C(=O)O)[C@@H](NC(=O)c2ccc3ccccc3c2)C1=O. The van der Waals surface area contributed by atoms with E-state index < -0.39 is 23.8 Å². The summed E-state index contributed by atoms with van der Waals surface area (Å²) in [5.74, 6) is -2.73. The van der Waals surface area contributed by atoms with Gasteiger partial charge in [0, 0.05) is 18.7 Å². The van der Waals surface area contributed by atoms with Crippen LogP contribution in [-0.2, 0) is 9.59 Å². The first-order chi connectivity index (χ1) is 13.0. The predicted molar refractivity (Wildman–Crippen MR) is 102 cm³/mol. The lowest BCUT2D eigenvalue weighted by molar-refractivity contribution is -0.142. The van der Waals surface area contributed by atoms with Crippen LogP contribution in [-0.4, -0.2) is 46.9 Å². The van der Waals surface area contributed by atoms with Crippen molar-refractivity contribution >= 4 is 28.6 Å². The number of hydrogen-bond acceptors (Lipinski definition) is 3. The third-order valence-corrected chi connectivity index (χ3v) is 5.04. The normalized spacial score (nSPS) is 19.4. The van der Waals surface area contributed by atoms with E-state index in [1.165, 1.54) is 0 Å². The van der Waals surface area contributed by atoms with Gasteiger partial charge in [0.1, 0.15) is 12.0 Å². The number of carbonyl (C=O) groups excluding carboxylic acids is 2. The summed E-state index contributed by atoms with van der Waals surface area (Å²) in [5.41, 5.74) is 0.412. The molecule has 0 aromatic heterocycles. The summed E-state index contributed by atoms with van der Waals surface area (Å²) in [5, 5.41) is 14.1. The van der Waals surface area contributed by atoms with E-state index in [9.17, 15) is 19.5 Å². The van der Waals surface area contributed by atoms with Crippen LogP contribution in [0, 0.1) is 5.92 Å². The van der Waals surface area contributed by atoms with E-state index in [4.69, 9.17) is 0 Å². The largest absolute Gasteiger partial charge is 0.481 e. The maximum Gasteiger partial charge on any atom is 0.310 e. The lowest BCUT2D eigenvalue weighted by atomic mass is 10.0. The Balaban J connectivity index is 1.75. The molecule has 2 N–H and O–H groups in total. The molecule has 0 radical (unpaired) electrons. The van der Waals surface area contributed by atoms with Crippen LogP contribution in [0.1, 0.15) is 36.5 Å². The van der Waals surface area contributed by atoms with Gasteiger partial charge in [0.2, 0.25) is 5.91 Å². The molecule has 1 heterocycles. The van der Waals surface area contributed by atoms with Gasteiger partial charge in [-0.2, -0.15) is 0 Å². The van der Waals surface area contributed by atoms with Crippen molar-refractivity contribution in [3.63, 3.8) is 0 Å². The van der Waals surface area contributed by atoms with Gasteiger partial charge >= 0.3 is 5.97 Å². The van der Waals surface area contributed by atoms with Crippen LogP contribution in [0.15, 0.2) is 42.5 Å². The standard InChI is InChI=1S/C21H24N2O4/c1-2-3-6-11-23-13-17(21(26)27)18(20(23)25)22-19(24)16-10-9-14-7-4-5-8-15(14)12-16/h4-5,7-10,12,17-18H,2-3,6,11,13H2,1H3,(H,22,24)(H,26,27)/t17-,18+/m0/s1. The molecule has 0 bridgehead atoms. The molecule has 0 unspecified atom stereocenters. The third kappa shape index (κ3) is 4.10. The topological polar surface area (TPSA) is 86.7 Å². The summed E-state index contributed by atoms with van der Waals surface area (Å²) < 4.78 is 0. The van der Waals surface area contributed by atoms with Crippen molar-refractivity contribution in [2.75, 3.05) is 13.1 Å². The van der Waals surface area contributed by atoms with Crippen LogP contribution in [0.5, 0.6) is 0 Å². The van der Waals surface area contributed by atoms with Gasteiger partial charge in [0.15, 0.2) is 0 Å². The minimum absolute atomic E-state index is 0.139. The number of carbonyl (C=O) groups is 3. The first kappa shape index (κ1) is 18.9. The van der Waals surface area contributed by atoms with Crippen molar-refractivity contribution in [2.24, 2.45) is 5.92 Å². The Morgan fingerprint density at radius 1 is 1.15 bits per heavy atom. The minimum Gasteiger partial charge on any atom is -0.481 e. The minimum atomic E-state index is -1.06. The number of hydrogen-bond donors (Lipinski definition) is 2. The highest BCUT2D eigenvalue weighted by Gasteiger charge is 2.45. The van der Waals surface area contributed by atoms with Crippen molar-refractivity contribution in [1.82, 2.24) is 10.2 Å². The molecule has 2 aromatic rings. The molecule has 27 heavy (non-hydrogen) atoms. The second-order valence-corrected chi connectivity index (χ2v) is 6.95. The van der Waals surface area contributed by atoms with Crippen LogP contribution in [0.25, 0.3) is 10.8 Å². The lowest BCUT2D eigenvalue weighted by Gasteiger charge is -2.17. The smallest absolute Gasteiger partial charge is 0.310 e. The number of nitrogens with one attached hydrogen (secondary N) is 1. The molecule has 6 heteroatoms. The highest BCUT2D eigenvalue weighted by atomic mass is 16.4. The van der Waals surface area contributed by atoms with Crippen molar-refractivity contribution in [3.05, 3.63) is 48.0 Å². The van der Waals surface area contributed by atoms with Crippen LogP contribution < -0.4 is 5.32 Å². The molecule has 1 aliphatic heterocycles. The van der Waals surface area contributed by atoms with Crippen LogP contribution >= 0.6 is 0 Å².